The molecule has 0 aliphatic heterocycles. The highest BCUT2D eigenvalue weighted by atomic mass is 79.9. The lowest BCUT2D eigenvalue weighted by Gasteiger charge is -2.06. The Morgan fingerprint density at radius 2 is 2.25 bits per heavy atom. The Labute approximate surface area is 84.8 Å². The lowest BCUT2D eigenvalue weighted by Crippen LogP contribution is -1.94. The number of hydrogen-bond acceptors (Lipinski definition) is 2. The Morgan fingerprint density at radius 1 is 1.58 bits per heavy atom. The predicted molar refractivity (Wildman–Crippen MR) is 54.7 cm³/mol. The van der Waals surface area contributed by atoms with Crippen molar-refractivity contribution in [3.8, 4) is 5.75 Å². The zero-order chi connectivity index (χ0) is 9.14. The molecule has 0 fully saturated rings. The normalized spacial score (nSPS) is 9.92. The van der Waals surface area contributed by atoms with Crippen LogP contribution in [0.1, 0.15) is 6.92 Å². The van der Waals surface area contributed by atoms with Gasteiger partial charge in [0.05, 0.1) is 17.3 Å². The predicted octanol–water partition coefficient (Wildman–Crippen LogP) is 3.08. The SMILES string of the molecule is CCOc1cc(Cl)c(N)c(Br)c1. The van der Waals surface area contributed by atoms with Gasteiger partial charge in [-0.3, -0.25) is 0 Å². The monoisotopic (exact) mass is 249 g/mol. The van der Waals surface area contributed by atoms with E-state index in [9.17, 15) is 0 Å². The Kier molecular flexibility index (Phi) is 3.23. The van der Waals surface area contributed by atoms with Gasteiger partial charge in [0.25, 0.3) is 0 Å². The first-order valence-corrected chi connectivity index (χ1v) is 4.69. The van der Waals surface area contributed by atoms with Gasteiger partial charge in [-0.05, 0) is 28.9 Å². The Balaban J connectivity index is 3.04. The molecule has 0 aliphatic carbocycles. The fraction of sp³-hybridized carbons (Fsp3) is 0.250. The summed E-state index contributed by atoms with van der Waals surface area (Å²) >= 11 is 9.10. The van der Waals surface area contributed by atoms with Crippen LogP contribution in [0.15, 0.2) is 16.6 Å². The van der Waals surface area contributed by atoms with Gasteiger partial charge in [-0.2, -0.15) is 0 Å². The quantitative estimate of drug-likeness (QED) is 0.819. The molecule has 0 aliphatic rings. The molecule has 0 radical (unpaired) electrons. The topological polar surface area (TPSA) is 35.2 Å². The summed E-state index contributed by atoms with van der Waals surface area (Å²) in [7, 11) is 0. The van der Waals surface area contributed by atoms with Crippen LogP contribution in [-0.2, 0) is 0 Å². The average molecular weight is 251 g/mol. The number of anilines is 1. The maximum Gasteiger partial charge on any atom is 0.122 e. The lowest BCUT2D eigenvalue weighted by atomic mass is 10.3. The molecule has 0 spiro atoms. The van der Waals surface area contributed by atoms with Gasteiger partial charge >= 0.3 is 0 Å². The van der Waals surface area contributed by atoms with Crippen LogP contribution < -0.4 is 10.5 Å². The maximum atomic E-state index is 5.82. The summed E-state index contributed by atoms with van der Waals surface area (Å²) in [6, 6.07) is 3.50. The second kappa shape index (κ2) is 4.01. The van der Waals surface area contributed by atoms with Gasteiger partial charge in [0.1, 0.15) is 5.75 Å². The second-order valence-corrected chi connectivity index (χ2v) is 3.50. The molecule has 1 aromatic rings. The molecule has 12 heavy (non-hydrogen) atoms. The Morgan fingerprint density at radius 3 is 2.75 bits per heavy atom. The van der Waals surface area contributed by atoms with Crippen molar-refractivity contribution in [2.24, 2.45) is 0 Å². The van der Waals surface area contributed by atoms with Crippen LogP contribution in [0.25, 0.3) is 0 Å². The summed E-state index contributed by atoms with van der Waals surface area (Å²) in [5, 5.41) is 0.507. The summed E-state index contributed by atoms with van der Waals surface area (Å²) in [5.74, 6) is 0.726. The van der Waals surface area contributed by atoms with Gasteiger partial charge in [-0.15, -0.1) is 0 Å². The second-order valence-electron chi connectivity index (χ2n) is 2.23. The number of halogens is 2. The molecular weight excluding hydrogens is 241 g/mol. The van der Waals surface area contributed by atoms with Crippen LogP contribution in [-0.4, -0.2) is 6.61 Å². The van der Waals surface area contributed by atoms with Crippen LogP contribution in [0, 0.1) is 0 Å². The van der Waals surface area contributed by atoms with E-state index in [2.05, 4.69) is 15.9 Å². The molecule has 0 saturated carbocycles. The molecule has 2 nitrogen and oxygen atoms in total. The lowest BCUT2D eigenvalue weighted by molar-refractivity contribution is 0.340. The first kappa shape index (κ1) is 9.68. The Bertz CT molecular complexity index is 267. The third kappa shape index (κ3) is 2.05. The van der Waals surface area contributed by atoms with E-state index < -0.39 is 0 Å². The van der Waals surface area contributed by atoms with Crippen LogP contribution >= 0.6 is 27.5 Å². The van der Waals surface area contributed by atoms with Crippen molar-refractivity contribution < 1.29 is 4.74 Å². The molecule has 4 heteroatoms. The number of nitrogen functional groups attached to an aromatic ring is 1. The van der Waals surface area contributed by atoms with Gasteiger partial charge in [0.15, 0.2) is 0 Å². The fourth-order valence-electron chi connectivity index (χ4n) is 0.811. The third-order valence-corrected chi connectivity index (χ3v) is 2.33. The molecule has 0 amide bonds. The highest BCUT2D eigenvalue weighted by Crippen LogP contribution is 2.32. The number of benzene rings is 1. The van der Waals surface area contributed by atoms with Crippen molar-refractivity contribution >= 4 is 33.2 Å². The highest BCUT2D eigenvalue weighted by molar-refractivity contribution is 9.10. The molecule has 1 rings (SSSR count). The number of rotatable bonds is 2. The molecule has 0 bridgehead atoms. The van der Waals surface area contributed by atoms with E-state index >= 15 is 0 Å². The van der Waals surface area contributed by atoms with Gasteiger partial charge in [0.2, 0.25) is 0 Å². The van der Waals surface area contributed by atoms with Crippen LogP contribution in [0.2, 0.25) is 5.02 Å². The van der Waals surface area contributed by atoms with Gasteiger partial charge in [-0.25, -0.2) is 0 Å². The summed E-state index contributed by atoms with van der Waals surface area (Å²) < 4.78 is 6.01. The van der Waals surface area contributed by atoms with E-state index in [1.165, 1.54) is 0 Å². The molecule has 0 saturated heterocycles. The molecule has 0 atom stereocenters. The van der Waals surface area contributed by atoms with Crippen molar-refractivity contribution in [2.75, 3.05) is 12.3 Å². The summed E-state index contributed by atoms with van der Waals surface area (Å²) in [6.45, 7) is 2.53. The summed E-state index contributed by atoms with van der Waals surface area (Å²) in [4.78, 5) is 0. The van der Waals surface area contributed by atoms with Crippen molar-refractivity contribution in [1.29, 1.82) is 0 Å². The van der Waals surface area contributed by atoms with Crippen molar-refractivity contribution in [2.45, 2.75) is 6.92 Å². The molecule has 66 valence electrons. The van der Waals surface area contributed by atoms with Gasteiger partial charge < -0.3 is 10.5 Å². The van der Waals surface area contributed by atoms with Crippen molar-refractivity contribution in [3.63, 3.8) is 0 Å². The fourth-order valence-corrected chi connectivity index (χ4v) is 1.57. The molecular formula is C8H9BrClNO. The number of nitrogens with two attached hydrogens (primary N) is 1. The molecule has 0 heterocycles. The van der Waals surface area contributed by atoms with E-state index in [-0.39, 0.29) is 0 Å². The van der Waals surface area contributed by atoms with Crippen molar-refractivity contribution in [1.82, 2.24) is 0 Å². The first-order chi connectivity index (χ1) is 5.65. The van der Waals surface area contributed by atoms with E-state index in [0.717, 1.165) is 10.2 Å². The van der Waals surface area contributed by atoms with E-state index in [1.807, 2.05) is 6.92 Å². The zero-order valence-electron chi connectivity index (χ0n) is 6.60. The highest BCUT2D eigenvalue weighted by Gasteiger charge is 2.04. The third-order valence-electron chi connectivity index (χ3n) is 1.36. The zero-order valence-corrected chi connectivity index (χ0v) is 8.95. The molecule has 2 N–H and O–H groups in total. The van der Waals surface area contributed by atoms with Crippen LogP contribution in [0.5, 0.6) is 5.75 Å². The van der Waals surface area contributed by atoms with Crippen LogP contribution in [0.3, 0.4) is 0 Å². The number of ether oxygens (including phenoxy) is 1. The largest absolute Gasteiger partial charge is 0.494 e. The first-order valence-electron chi connectivity index (χ1n) is 3.52. The van der Waals surface area contributed by atoms with Crippen LogP contribution in [0.4, 0.5) is 5.69 Å². The summed E-state index contributed by atoms with van der Waals surface area (Å²) in [5.41, 5.74) is 6.15. The number of hydrogen-bond donors (Lipinski definition) is 1. The molecule has 1 aromatic carbocycles. The molecule has 0 unspecified atom stereocenters. The van der Waals surface area contributed by atoms with E-state index in [1.54, 1.807) is 12.1 Å². The smallest absolute Gasteiger partial charge is 0.122 e. The van der Waals surface area contributed by atoms with Gasteiger partial charge in [0, 0.05) is 10.5 Å². The van der Waals surface area contributed by atoms with Gasteiger partial charge in [-0.1, -0.05) is 11.6 Å². The minimum atomic E-state index is 0.507. The van der Waals surface area contributed by atoms with Crippen molar-refractivity contribution in [3.05, 3.63) is 21.6 Å². The Hall–Kier alpha value is -0.410. The van der Waals surface area contributed by atoms with E-state index in [0.29, 0.717) is 17.3 Å². The minimum Gasteiger partial charge on any atom is -0.494 e. The standard InChI is InChI=1S/C8H9BrClNO/c1-2-12-5-3-6(9)8(11)7(10)4-5/h3-4H,2,11H2,1H3. The van der Waals surface area contributed by atoms with E-state index in [4.69, 9.17) is 22.1 Å². The molecule has 0 aromatic heterocycles. The average Bonchev–Trinajstić information content (AvgIpc) is 2.01. The summed E-state index contributed by atoms with van der Waals surface area (Å²) in [6.07, 6.45) is 0. The maximum absolute atomic E-state index is 5.82. The minimum absolute atomic E-state index is 0.507.